The maximum Gasteiger partial charge on any atom is 0.306 e. The molecule has 0 spiro atoms. The molecule has 5 heteroatoms. The summed E-state index contributed by atoms with van der Waals surface area (Å²) in [5.74, 6) is 0.649. The Morgan fingerprint density at radius 3 is 2.37 bits per heavy atom. The molecule has 0 amide bonds. The van der Waals surface area contributed by atoms with Gasteiger partial charge in [-0.15, -0.1) is 11.3 Å². The molecule has 0 atom stereocenters. The van der Waals surface area contributed by atoms with E-state index >= 15 is 0 Å². The van der Waals surface area contributed by atoms with E-state index in [1.54, 1.807) is 23.1 Å². The molecule has 2 aromatic rings. The van der Waals surface area contributed by atoms with Crippen LogP contribution in [0.4, 0.5) is 0 Å². The van der Waals surface area contributed by atoms with Gasteiger partial charge in [0.05, 0.1) is 23.2 Å². The van der Waals surface area contributed by atoms with Crippen LogP contribution in [0.25, 0.3) is 10.2 Å². The van der Waals surface area contributed by atoms with E-state index in [4.69, 9.17) is 4.74 Å². The van der Waals surface area contributed by atoms with Crippen LogP contribution < -0.4 is 0 Å². The predicted molar refractivity (Wildman–Crippen MR) is 118 cm³/mol. The molecule has 0 aliphatic heterocycles. The monoisotopic (exact) mass is 407 g/mol. The molecule has 1 heterocycles. The maximum absolute atomic E-state index is 11.8. The number of aromatic nitrogens is 1. The van der Waals surface area contributed by atoms with Gasteiger partial charge in [-0.1, -0.05) is 88.6 Å². The number of carbonyl (C=O) groups excluding carboxylic acids is 1. The van der Waals surface area contributed by atoms with E-state index in [1.807, 2.05) is 18.2 Å². The van der Waals surface area contributed by atoms with Gasteiger partial charge in [0.2, 0.25) is 0 Å². The minimum atomic E-state index is -0.0838. The van der Waals surface area contributed by atoms with Gasteiger partial charge in [0.25, 0.3) is 0 Å². The Kier molecular flexibility index (Phi) is 11.5. The zero-order chi connectivity index (χ0) is 19.2. The Morgan fingerprint density at radius 2 is 1.67 bits per heavy atom. The van der Waals surface area contributed by atoms with Crippen LogP contribution in [0.1, 0.15) is 77.6 Å². The van der Waals surface area contributed by atoms with Crippen LogP contribution in [0, 0.1) is 0 Å². The highest BCUT2D eigenvalue weighted by atomic mass is 32.2. The summed E-state index contributed by atoms with van der Waals surface area (Å²) in [4.78, 5) is 16.4. The topological polar surface area (TPSA) is 39.2 Å². The number of benzene rings is 1. The Balaban J connectivity index is 1.41. The highest BCUT2D eigenvalue weighted by Gasteiger charge is 2.07. The van der Waals surface area contributed by atoms with Crippen LogP contribution in [-0.4, -0.2) is 23.3 Å². The molecule has 0 saturated carbocycles. The SMILES string of the molecule is CCCCCCCCCCCCOC(=O)CCSc1nc2ccccc2s1. The lowest BCUT2D eigenvalue weighted by atomic mass is 10.1. The number of hydrogen-bond acceptors (Lipinski definition) is 5. The van der Waals surface area contributed by atoms with Gasteiger partial charge in [-0.3, -0.25) is 4.79 Å². The van der Waals surface area contributed by atoms with Gasteiger partial charge in [-0.2, -0.15) is 0 Å². The van der Waals surface area contributed by atoms with Crippen LogP contribution in [-0.2, 0) is 9.53 Å². The van der Waals surface area contributed by atoms with Gasteiger partial charge in [0.15, 0.2) is 4.34 Å². The van der Waals surface area contributed by atoms with Crippen molar-refractivity contribution in [1.82, 2.24) is 4.98 Å². The molecular formula is C22H33NO2S2. The summed E-state index contributed by atoms with van der Waals surface area (Å²) >= 11 is 3.33. The normalized spacial score (nSPS) is 11.1. The molecule has 0 aliphatic rings. The third-order valence-corrected chi connectivity index (χ3v) is 6.75. The fourth-order valence-electron chi connectivity index (χ4n) is 2.98. The number of hydrogen-bond donors (Lipinski definition) is 0. The summed E-state index contributed by atoms with van der Waals surface area (Å²) < 4.78 is 7.57. The number of thioether (sulfide) groups is 1. The van der Waals surface area contributed by atoms with Gasteiger partial charge >= 0.3 is 5.97 Å². The third kappa shape index (κ3) is 9.61. The molecule has 0 saturated heterocycles. The van der Waals surface area contributed by atoms with Crippen LogP contribution >= 0.6 is 23.1 Å². The molecule has 150 valence electrons. The van der Waals surface area contributed by atoms with Crippen LogP contribution in [0.2, 0.25) is 0 Å². The first kappa shape index (κ1) is 22.2. The van der Waals surface area contributed by atoms with Crippen molar-refractivity contribution in [3.63, 3.8) is 0 Å². The first-order chi connectivity index (χ1) is 13.3. The molecule has 0 N–H and O–H groups in total. The van der Waals surface area contributed by atoms with Crippen molar-refractivity contribution in [3.05, 3.63) is 24.3 Å². The van der Waals surface area contributed by atoms with E-state index in [-0.39, 0.29) is 5.97 Å². The lowest BCUT2D eigenvalue weighted by Crippen LogP contribution is -2.06. The van der Waals surface area contributed by atoms with Crippen molar-refractivity contribution in [2.45, 2.75) is 81.9 Å². The first-order valence-corrected chi connectivity index (χ1v) is 12.2. The highest BCUT2D eigenvalue weighted by Crippen LogP contribution is 2.29. The Bertz CT molecular complexity index is 624. The molecule has 1 aromatic carbocycles. The third-order valence-electron chi connectivity index (χ3n) is 4.57. The fourth-order valence-corrected chi connectivity index (χ4v) is 5.04. The molecular weight excluding hydrogens is 374 g/mol. The number of rotatable bonds is 15. The van der Waals surface area contributed by atoms with Crippen LogP contribution in [0.5, 0.6) is 0 Å². The molecule has 1 aromatic heterocycles. The molecule has 3 nitrogen and oxygen atoms in total. The van der Waals surface area contributed by atoms with E-state index in [0.717, 1.165) is 22.0 Å². The van der Waals surface area contributed by atoms with E-state index in [0.29, 0.717) is 13.0 Å². The maximum atomic E-state index is 11.8. The molecule has 2 rings (SSSR count). The molecule has 0 unspecified atom stereocenters. The summed E-state index contributed by atoms with van der Waals surface area (Å²) in [6.07, 6.45) is 13.4. The highest BCUT2D eigenvalue weighted by molar-refractivity contribution is 8.01. The quantitative estimate of drug-likeness (QED) is 0.177. The number of fused-ring (bicyclic) bond motifs is 1. The molecule has 0 fully saturated rings. The average Bonchev–Trinajstić information content (AvgIpc) is 3.09. The standard InChI is InChI=1S/C22H33NO2S2/c1-2-3-4-5-6-7-8-9-10-13-17-25-21(24)16-18-26-22-23-19-14-11-12-15-20(19)27-22/h11-12,14-15H,2-10,13,16-18H2,1H3. The van der Waals surface area contributed by atoms with E-state index in [9.17, 15) is 4.79 Å². The number of esters is 1. The second-order valence-electron chi connectivity index (χ2n) is 6.95. The number of carbonyl (C=O) groups is 1. The largest absolute Gasteiger partial charge is 0.466 e. The van der Waals surface area contributed by atoms with Crippen molar-refractivity contribution in [3.8, 4) is 0 Å². The van der Waals surface area contributed by atoms with Crippen molar-refractivity contribution in [2.24, 2.45) is 0 Å². The number of ether oxygens (including phenoxy) is 1. The van der Waals surface area contributed by atoms with Crippen LogP contribution in [0.3, 0.4) is 0 Å². The van der Waals surface area contributed by atoms with Gasteiger partial charge in [0, 0.05) is 5.75 Å². The zero-order valence-corrected chi connectivity index (χ0v) is 18.2. The minimum absolute atomic E-state index is 0.0838. The van der Waals surface area contributed by atoms with Gasteiger partial charge in [-0.05, 0) is 18.6 Å². The minimum Gasteiger partial charge on any atom is -0.466 e. The van der Waals surface area contributed by atoms with Gasteiger partial charge in [0.1, 0.15) is 0 Å². The van der Waals surface area contributed by atoms with Crippen LogP contribution in [0.15, 0.2) is 28.6 Å². The van der Waals surface area contributed by atoms with Crippen molar-refractivity contribution >= 4 is 39.3 Å². The number of para-hydroxylation sites is 1. The second-order valence-corrected chi connectivity index (χ2v) is 9.32. The lowest BCUT2D eigenvalue weighted by Gasteiger charge is -2.05. The summed E-state index contributed by atoms with van der Waals surface area (Å²) in [6, 6.07) is 8.13. The number of nitrogens with zero attached hydrogens (tertiary/aromatic N) is 1. The Labute approximate surface area is 172 Å². The average molecular weight is 408 g/mol. The van der Waals surface area contributed by atoms with Crippen molar-refractivity contribution < 1.29 is 9.53 Å². The summed E-state index contributed by atoms with van der Waals surface area (Å²) in [7, 11) is 0. The van der Waals surface area contributed by atoms with E-state index < -0.39 is 0 Å². The molecule has 0 radical (unpaired) electrons. The second kappa shape index (κ2) is 14.0. The zero-order valence-electron chi connectivity index (χ0n) is 16.6. The van der Waals surface area contributed by atoms with E-state index in [1.165, 1.54) is 62.5 Å². The number of thiazole rings is 1. The first-order valence-electron chi connectivity index (χ1n) is 10.4. The summed E-state index contributed by atoms with van der Waals surface area (Å²) in [5, 5.41) is 0. The molecule has 0 aliphatic carbocycles. The predicted octanol–water partition coefficient (Wildman–Crippen LogP) is 7.24. The van der Waals surface area contributed by atoms with E-state index in [2.05, 4.69) is 18.0 Å². The smallest absolute Gasteiger partial charge is 0.306 e. The Hall–Kier alpha value is -1.07. The summed E-state index contributed by atoms with van der Waals surface area (Å²) in [5.41, 5.74) is 1.04. The van der Waals surface area contributed by atoms with Gasteiger partial charge < -0.3 is 4.74 Å². The Morgan fingerprint density at radius 1 is 1.00 bits per heavy atom. The lowest BCUT2D eigenvalue weighted by molar-refractivity contribution is -0.143. The van der Waals surface area contributed by atoms with Crippen molar-refractivity contribution in [2.75, 3.05) is 12.4 Å². The molecule has 0 bridgehead atoms. The summed E-state index contributed by atoms with van der Waals surface area (Å²) in [6.45, 7) is 2.83. The molecule has 27 heavy (non-hydrogen) atoms. The van der Waals surface area contributed by atoms with Crippen molar-refractivity contribution in [1.29, 1.82) is 0 Å². The van der Waals surface area contributed by atoms with Gasteiger partial charge in [-0.25, -0.2) is 4.98 Å². The number of unbranched alkanes of at least 4 members (excludes halogenated alkanes) is 9. The fraction of sp³-hybridized carbons (Fsp3) is 0.636.